The molecule has 1 aromatic rings. The Kier molecular flexibility index (Phi) is 3.38. The van der Waals surface area contributed by atoms with Gasteiger partial charge in [0.2, 0.25) is 0 Å². The van der Waals surface area contributed by atoms with E-state index in [9.17, 15) is 34.8 Å². The third kappa shape index (κ3) is 2.17. The Hall–Kier alpha value is -1.29. The molecular formula is C8H4F6O3S. The molecule has 3 nitrogen and oxygen atoms in total. The summed E-state index contributed by atoms with van der Waals surface area (Å²) in [5, 5.41) is -5.95. The number of alkyl halides is 4. The van der Waals surface area contributed by atoms with E-state index < -0.39 is 38.5 Å². The Morgan fingerprint density at radius 2 is 1.56 bits per heavy atom. The minimum absolute atomic E-state index is 0.0379. The van der Waals surface area contributed by atoms with Crippen LogP contribution in [0.15, 0.2) is 18.2 Å². The van der Waals surface area contributed by atoms with E-state index in [-0.39, 0.29) is 18.2 Å². The summed E-state index contributed by atoms with van der Waals surface area (Å²) in [5.41, 5.74) is -2.05. The molecule has 0 unspecified atom stereocenters. The Balaban J connectivity index is 3.47. The van der Waals surface area contributed by atoms with Crippen LogP contribution < -0.4 is 0 Å². The third-order valence-corrected chi connectivity index (χ3v) is 2.86. The van der Waals surface area contributed by atoms with Crippen molar-refractivity contribution in [2.75, 3.05) is 0 Å². The molecule has 0 aliphatic rings. The van der Waals surface area contributed by atoms with Crippen molar-refractivity contribution >= 4 is 10.1 Å². The lowest BCUT2D eigenvalue weighted by Gasteiger charge is -2.24. The molecule has 0 aliphatic carbocycles. The lowest BCUT2D eigenvalue weighted by molar-refractivity contribution is -0.168. The van der Waals surface area contributed by atoms with Crippen molar-refractivity contribution in [2.24, 2.45) is 0 Å². The van der Waals surface area contributed by atoms with Crippen LogP contribution in [0.2, 0.25) is 0 Å². The van der Waals surface area contributed by atoms with Crippen LogP contribution in [0.3, 0.4) is 0 Å². The first-order valence-electron chi connectivity index (χ1n) is 4.09. The molecule has 1 rings (SSSR count). The van der Waals surface area contributed by atoms with Gasteiger partial charge in [0.15, 0.2) is 0 Å². The SMILES string of the molecule is O=S(=O)(O)C(F)(F)C(F)(F)c1ccc(F)cc1F. The molecule has 0 spiro atoms. The Bertz CT molecular complexity index is 568. The number of hydrogen-bond donors (Lipinski definition) is 1. The van der Waals surface area contributed by atoms with Gasteiger partial charge in [0, 0.05) is 6.07 Å². The normalized spacial score (nSPS) is 13.7. The molecular weight excluding hydrogens is 290 g/mol. The molecule has 0 bridgehead atoms. The molecule has 0 aliphatic heterocycles. The van der Waals surface area contributed by atoms with Crippen LogP contribution in [-0.4, -0.2) is 18.2 Å². The van der Waals surface area contributed by atoms with Gasteiger partial charge in [-0.25, -0.2) is 8.78 Å². The summed E-state index contributed by atoms with van der Waals surface area (Å²) in [4.78, 5) is 0. The van der Waals surface area contributed by atoms with Crippen LogP contribution in [0, 0.1) is 11.6 Å². The summed E-state index contributed by atoms with van der Waals surface area (Å²) in [5.74, 6) is -8.94. The molecule has 0 amide bonds. The molecule has 0 aromatic heterocycles. The van der Waals surface area contributed by atoms with Crippen LogP contribution >= 0.6 is 0 Å². The maximum atomic E-state index is 13.2. The van der Waals surface area contributed by atoms with Gasteiger partial charge >= 0.3 is 21.3 Å². The standard InChI is InChI=1S/C8H4F6O3S/c9-4-1-2-5(6(10)3-4)7(11,12)8(13,14)18(15,16)17/h1-3H,(H,15,16,17). The van der Waals surface area contributed by atoms with Crippen molar-refractivity contribution < 1.29 is 39.3 Å². The van der Waals surface area contributed by atoms with Crippen molar-refractivity contribution in [3.8, 4) is 0 Å². The largest absolute Gasteiger partial charge is 0.436 e. The van der Waals surface area contributed by atoms with Gasteiger partial charge in [-0.15, -0.1) is 0 Å². The Morgan fingerprint density at radius 3 is 1.94 bits per heavy atom. The van der Waals surface area contributed by atoms with E-state index in [0.717, 1.165) is 0 Å². The molecule has 0 heterocycles. The predicted molar refractivity (Wildman–Crippen MR) is 46.7 cm³/mol. The minimum atomic E-state index is -6.48. The van der Waals surface area contributed by atoms with Gasteiger partial charge in [0.05, 0.1) is 5.56 Å². The molecule has 1 N–H and O–H groups in total. The average Bonchev–Trinajstić information content (AvgIpc) is 2.14. The third-order valence-electron chi connectivity index (χ3n) is 1.96. The first kappa shape index (κ1) is 14.8. The van der Waals surface area contributed by atoms with Crippen LogP contribution in [0.25, 0.3) is 0 Å². The van der Waals surface area contributed by atoms with Crippen LogP contribution in [-0.2, 0) is 16.0 Å². The smallest absolute Gasteiger partial charge is 0.281 e. The van der Waals surface area contributed by atoms with Crippen molar-refractivity contribution in [1.82, 2.24) is 0 Å². The minimum Gasteiger partial charge on any atom is -0.281 e. The fraction of sp³-hybridized carbons (Fsp3) is 0.250. The van der Waals surface area contributed by atoms with E-state index in [1.165, 1.54) is 0 Å². The van der Waals surface area contributed by atoms with Gasteiger partial charge in [-0.3, -0.25) is 4.55 Å². The Labute approximate surface area is 96.8 Å². The van der Waals surface area contributed by atoms with Crippen molar-refractivity contribution in [2.45, 2.75) is 11.2 Å². The molecule has 0 radical (unpaired) electrons. The zero-order valence-electron chi connectivity index (χ0n) is 8.17. The van der Waals surface area contributed by atoms with Crippen molar-refractivity contribution in [3.05, 3.63) is 35.4 Å². The monoisotopic (exact) mass is 294 g/mol. The van der Waals surface area contributed by atoms with E-state index >= 15 is 0 Å². The molecule has 0 fully saturated rings. The fourth-order valence-electron chi connectivity index (χ4n) is 1.06. The van der Waals surface area contributed by atoms with E-state index in [1.807, 2.05) is 0 Å². The summed E-state index contributed by atoms with van der Waals surface area (Å²) in [6, 6.07) is 0.0828. The highest BCUT2D eigenvalue weighted by molar-refractivity contribution is 7.86. The summed E-state index contributed by atoms with van der Waals surface area (Å²) in [6.45, 7) is 0. The average molecular weight is 294 g/mol. The first-order chi connectivity index (χ1) is 7.91. The van der Waals surface area contributed by atoms with E-state index in [0.29, 0.717) is 0 Å². The highest BCUT2D eigenvalue weighted by Gasteiger charge is 2.67. The summed E-state index contributed by atoms with van der Waals surface area (Å²) in [7, 11) is -6.48. The lowest BCUT2D eigenvalue weighted by atomic mass is 10.1. The van der Waals surface area contributed by atoms with E-state index in [4.69, 9.17) is 4.55 Å². The van der Waals surface area contributed by atoms with Crippen LogP contribution in [0.5, 0.6) is 0 Å². The van der Waals surface area contributed by atoms with E-state index in [1.54, 1.807) is 0 Å². The molecule has 102 valence electrons. The van der Waals surface area contributed by atoms with E-state index in [2.05, 4.69) is 0 Å². The molecule has 0 atom stereocenters. The summed E-state index contributed by atoms with van der Waals surface area (Å²) < 4.78 is 106. The lowest BCUT2D eigenvalue weighted by Crippen LogP contribution is -2.45. The van der Waals surface area contributed by atoms with Gasteiger partial charge in [0.25, 0.3) is 0 Å². The summed E-state index contributed by atoms with van der Waals surface area (Å²) >= 11 is 0. The zero-order valence-corrected chi connectivity index (χ0v) is 8.99. The number of hydrogen-bond acceptors (Lipinski definition) is 2. The molecule has 1 aromatic carbocycles. The highest BCUT2D eigenvalue weighted by Crippen LogP contribution is 2.46. The molecule has 0 saturated heterocycles. The van der Waals surface area contributed by atoms with Crippen LogP contribution in [0.1, 0.15) is 5.56 Å². The number of rotatable bonds is 3. The fourth-order valence-corrected chi connectivity index (χ4v) is 1.50. The van der Waals surface area contributed by atoms with Crippen molar-refractivity contribution in [1.29, 1.82) is 0 Å². The van der Waals surface area contributed by atoms with Gasteiger partial charge in [0.1, 0.15) is 11.6 Å². The maximum Gasteiger partial charge on any atom is 0.436 e. The second kappa shape index (κ2) is 4.12. The topological polar surface area (TPSA) is 54.4 Å². The quantitative estimate of drug-likeness (QED) is 0.688. The van der Waals surface area contributed by atoms with Crippen LogP contribution in [0.4, 0.5) is 26.3 Å². The predicted octanol–water partition coefficient (Wildman–Crippen LogP) is 2.54. The molecule has 18 heavy (non-hydrogen) atoms. The molecule has 0 saturated carbocycles. The second-order valence-electron chi connectivity index (χ2n) is 3.19. The summed E-state index contributed by atoms with van der Waals surface area (Å²) in [6.07, 6.45) is 0. The van der Waals surface area contributed by atoms with Gasteiger partial charge in [-0.05, 0) is 12.1 Å². The maximum absolute atomic E-state index is 13.2. The van der Waals surface area contributed by atoms with Gasteiger partial charge in [-0.1, -0.05) is 0 Å². The second-order valence-corrected chi connectivity index (χ2v) is 4.65. The Morgan fingerprint density at radius 1 is 1.06 bits per heavy atom. The number of halogens is 6. The van der Waals surface area contributed by atoms with Gasteiger partial charge in [-0.2, -0.15) is 26.0 Å². The first-order valence-corrected chi connectivity index (χ1v) is 5.53. The van der Waals surface area contributed by atoms with Crippen molar-refractivity contribution in [3.63, 3.8) is 0 Å². The molecule has 10 heteroatoms. The number of benzene rings is 1. The van der Waals surface area contributed by atoms with Gasteiger partial charge < -0.3 is 0 Å². The highest BCUT2D eigenvalue weighted by atomic mass is 32.2. The zero-order chi connectivity index (χ0) is 14.4.